The molecular weight excluding hydrogens is 290 g/mol. The molecule has 0 aliphatic carbocycles. The molecule has 1 unspecified atom stereocenters. The first-order valence-electron chi connectivity index (χ1n) is 7.35. The summed E-state index contributed by atoms with van der Waals surface area (Å²) in [4.78, 5) is 3.19. The standard InChI is InChI=1S/C19H15NO3/c21-14-6-3-12(4-7-14)16-10-13-5-8-15(22)11-18(13)23-19(16)17-2-1-9-20-17/h1-11,19-22H. The summed E-state index contributed by atoms with van der Waals surface area (Å²) in [6.07, 6.45) is 3.60. The molecule has 1 aliphatic rings. The van der Waals surface area contributed by atoms with Crippen LogP contribution >= 0.6 is 0 Å². The second-order valence-corrected chi connectivity index (χ2v) is 5.49. The van der Waals surface area contributed by atoms with Crippen molar-refractivity contribution in [2.24, 2.45) is 0 Å². The van der Waals surface area contributed by atoms with Crippen molar-refractivity contribution < 1.29 is 14.9 Å². The van der Waals surface area contributed by atoms with Gasteiger partial charge >= 0.3 is 0 Å². The van der Waals surface area contributed by atoms with E-state index in [0.717, 1.165) is 22.4 Å². The SMILES string of the molecule is Oc1ccc(C2=Cc3ccc(O)cc3OC2c2ccc[nH]2)cc1. The number of phenolic OH excluding ortho intramolecular Hbond substituents is 2. The van der Waals surface area contributed by atoms with E-state index in [0.29, 0.717) is 5.75 Å². The smallest absolute Gasteiger partial charge is 0.164 e. The first-order chi connectivity index (χ1) is 11.2. The van der Waals surface area contributed by atoms with E-state index in [9.17, 15) is 10.2 Å². The molecule has 0 bridgehead atoms. The summed E-state index contributed by atoms with van der Waals surface area (Å²) in [7, 11) is 0. The molecule has 4 rings (SSSR count). The molecular formula is C19H15NO3. The van der Waals surface area contributed by atoms with Gasteiger partial charge in [0.2, 0.25) is 0 Å². The Bertz CT molecular complexity index is 864. The van der Waals surface area contributed by atoms with Crippen molar-refractivity contribution in [3.63, 3.8) is 0 Å². The van der Waals surface area contributed by atoms with Crippen molar-refractivity contribution in [1.82, 2.24) is 4.98 Å². The monoisotopic (exact) mass is 305 g/mol. The molecule has 23 heavy (non-hydrogen) atoms. The van der Waals surface area contributed by atoms with Gasteiger partial charge < -0.3 is 19.9 Å². The number of phenols is 2. The van der Waals surface area contributed by atoms with Crippen molar-refractivity contribution in [3.05, 3.63) is 77.6 Å². The van der Waals surface area contributed by atoms with Crippen LogP contribution in [0.4, 0.5) is 0 Å². The van der Waals surface area contributed by atoms with Gasteiger partial charge in [0.15, 0.2) is 6.10 Å². The van der Waals surface area contributed by atoms with Crippen molar-refractivity contribution in [3.8, 4) is 17.2 Å². The Hall–Kier alpha value is -3.14. The molecule has 2 aromatic carbocycles. The number of H-pyrrole nitrogens is 1. The van der Waals surface area contributed by atoms with Gasteiger partial charge in [-0.05, 0) is 48.0 Å². The lowest BCUT2D eigenvalue weighted by Gasteiger charge is -2.27. The maximum absolute atomic E-state index is 9.68. The molecule has 0 fully saturated rings. The molecule has 3 N–H and O–H groups in total. The fraction of sp³-hybridized carbons (Fsp3) is 0.0526. The number of aromatic nitrogens is 1. The summed E-state index contributed by atoms with van der Waals surface area (Å²) in [5.74, 6) is 1.05. The van der Waals surface area contributed by atoms with E-state index in [1.54, 1.807) is 24.3 Å². The molecule has 1 atom stereocenters. The van der Waals surface area contributed by atoms with Gasteiger partial charge in [-0.2, -0.15) is 0 Å². The van der Waals surface area contributed by atoms with E-state index in [2.05, 4.69) is 11.1 Å². The Balaban J connectivity index is 1.86. The third-order valence-electron chi connectivity index (χ3n) is 3.94. The summed E-state index contributed by atoms with van der Waals surface area (Å²) in [5.41, 5.74) is 3.80. The highest BCUT2D eigenvalue weighted by Crippen LogP contribution is 2.42. The molecule has 4 nitrogen and oxygen atoms in total. The van der Waals surface area contributed by atoms with E-state index in [1.165, 1.54) is 0 Å². The van der Waals surface area contributed by atoms with Gasteiger partial charge in [0.1, 0.15) is 17.2 Å². The van der Waals surface area contributed by atoms with E-state index < -0.39 is 0 Å². The molecule has 0 amide bonds. The minimum Gasteiger partial charge on any atom is -0.508 e. The van der Waals surface area contributed by atoms with Crippen LogP contribution in [-0.2, 0) is 0 Å². The van der Waals surface area contributed by atoms with Crippen LogP contribution in [0.3, 0.4) is 0 Å². The van der Waals surface area contributed by atoms with Gasteiger partial charge in [-0.1, -0.05) is 12.1 Å². The number of hydrogen-bond donors (Lipinski definition) is 3. The molecule has 0 radical (unpaired) electrons. The van der Waals surface area contributed by atoms with Crippen LogP contribution in [0.2, 0.25) is 0 Å². The summed E-state index contributed by atoms with van der Waals surface area (Å²) in [6.45, 7) is 0. The molecule has 1 aromatic heterocycles. The fourth-order valence-electron chi connectivity index (χ4n) is 2.80. The highest BCUT2D eigenvalue weighted by atomic mass is 16.5. The van der Waals surface area contributed by atoms with Gasteiger partial charge in [0.05, 0.1) is 5.69 Å². The molecule has 114 valence electrons. The highest BCUT2D eigenvalue weighted by Gasteiger charge is 2.26. The Morgan fingerprint density at radius 3 is 2.43 bits per heavy atom. The zero-order valence-electron chi connectivity index (χ0n) is 12.2. The first-order valence-corrected chi connectivity index (χ1v) is 7.35. The van der Waals surface area contributed by atoms with Crippen LogP contribution in [0.5, 0.6) is 17.2 Å². The van der Waals surface area contributed by atoms with E-state index in [-0.39, 0.29) is 17.6 Å². The molecule has 2 heterocycles. The summed E-state index contributed by atoms with van der Waals surface area (Å²) < 4.78 is 6.13. The van der Waals surface area contributed by atoms with Gasteiger partial charge in [0, 0.05) is 23.4 Å². The zero-order valence-corrected chi connectivity index (χ0v) is 12.2. The van der Waals surface area contributed by atoms with E-state index in [4.69, 9.17) is 4.74 Å². The lowest BCUT2D eigenvalue weighted by molar-refractivity contribution is 0.256. The molecule has 3 aromatic rings. The summed E-state index contributed by atoms with van der Waals surface area (Å²) >= 11 is 0. The summed E-state index contributed by atoms with van der Waals surface area (Å²) in [6, 6.07) is 16.0. The van der Waals surface area contributed by atoms with Crippen LogP contribution in [0.15, 0.2) is 60.8 Å². The number of hydrogen-bond acceptors (Lipinski definition) is 3. The number of benzene rings is 2. The maximum Gasteiger partial charge on any atom is 0.164 e. The van der Waals surface area contributed by atoms with Crippen molar-refractivity contribution in [2.75, 3.05) is 0 Å². The van der Waals surface area contributed by atoms with Gasteiger partial charge in [0.25, 0.3) is 0 Å². The van der Waals surface area contributed by atoms with Crippen molar-refractivity contribution in [2.45, 2.75) is 6.10 Å². The molecule has 0 saturated heterocycles. The van der Waals surface area contributed by atoms with Crippen molar-refractivity contribution in [1.29, 1.82) is 0 Å². The third kappa shape index (κ3) is 2.44. The lowest BCUT2D eigenvalue weighted by Crippen LogP contribution is -2.14. The number of rotatable bonds is 2. The largest absolute Gasteiger partial charge is 0.508 e. The van der Waals surface area contributed by atoms with Crippen LogP contribution in [0, 0.1) is 0 Å². The predicted octanol–water partition coefficient (Wildman–Crippen LogP) is 4.10. The number of ether oxygens (including phenoxy) is 1. The third-order valence-corrected chi connectivity index (χ3v) is 3.94. The number of aromatic hydroxyl groups is 2. The average molecular weight is 305 g/mol. The van der Waals surface area contributed by atoms with Crippen molar-refractivity contribution >= 4 is 11.6 Å². The summed E-state index contributed by atoms with van der Waals surface area (Å²) in [5, 5.41) is 19.2. The maximum atomic E-state index is 9.68. The Morgan fingerprint density at radius 2 is 1.70 bits per heavy atom. The Labute approximate surface area is 133 Å². The fourth-order valence-corrected chi connectivity index (χ4v) is 2.80. The minimum absolute atomic E-state index is 0.176. The average Bonchev–Trinajstić information content (AvgIpc) is 3.09. The lowest BCUT2D eigenvalue weighted by atomic mass is 9.93. The zero-order chi connectivity index (χ0) is 15.8. The normalized spacial score (nSPS) is 16.3. The Kier molecular flexibility index (Phi) is 3.08. The topological polar surface area (TPSA) is 65.5 Å². The van der Waals surface area contributed by atoms with Crippen LogP contribution in [0.1, 0.15) is 22.9 Å². The number of aromatic amines is 1. The first kappa shape index (κ1) is 13.5. The van der Waals surface area contributed by atoms with Crippen LogP contribution in [0.25, 0.3) is 11.6 Å². The van der Waals surface area contributed by atoms with Gasteiger partial charge in [-0.25, -0.2) is 0 Å². The minimum atomic E-state index is -0.302. The van der Waals surface area contributed by atoms with Gasteiger partial charge in [-0.15, -0.1) is 0 Å². The predicted molar refractivity (Wildman–Crippen MR) is 88.2 cm³/mol. The van der Waals surface area contributed by atoms with Crippen LogP contribution in [-0.4, -0.2) is 15.2 Å². The molecule has 0 saturated carbocycles. The molecule has 0 spiro atoms. The van der Waals surface area contributed by atoms with E-state index >= 15 is 0 Å². The quantitative estimate of drug-likeness (QED) is 0.668. The number of fused-ring (bicyclic) bond motifs is 1. The van der Waals surface area contributed by atoms with Crippen LogP contribution < -0.4 is 4.74 Å². The second-order valence-electron chi connectivity index (χ2n) is 5.49. The Morgan fingerprint density at radius 1 is 0.913 bits per heavy atom. The number of nitrogens with one attached hydrogen (secondary N) is 1. The van der Waals surface area contributed by atoms with Gasteiger partial charge in [-0.3, -0.25) is 0 Å². The molecule has 4 heteroatoms. The highest BCUT2D eigenvalue weighted by molar-refractivity contribution is 5.88. The second kappa shape index (κ2) is 5.25. The van der Waals surface area contributed by atoms with E-state index in [1.807, 2.05) is 36.5 Å². The molecule has 1 aliphatic heterocycles.